The van der Waals surface area contributed by atoms with E-state index in [9.17, 15) is 14.4 Å². The molecule has 0 saturated heterocycles. The lowest BCUT2D eigenvalue weighted by Gasteiger charge is -2.23. The minimum absolute atomic E-state index is 0.250. The zero-order valence-corrected chi connectivity index (χ0v) is 23.0. The Kier molecular flexibility index (Phi) is 5.81. The summed E-state index contributed by atoms with van der Waals surface area (Å²) in [6, 6.07) is 15.6. The summed E-state index contributed by atoms with van der Waals surface area (Å²) in [6.07, 6.45) is 0. The third kappa shape index (κ3) is 3.88. The number of halogens is 1. The molecule has 1 atom stereocenters. The SMILES string of the molecule is CC1=C(C(=O)Nc2ccccc2C)C(c2ccc(C)o2)n2c(sc(=C3C(=O)Nc4ccc(Br)cc43)c2=O)=N1. The first-order chi connectivity index (χ1) is 18.2. The van der Waals surface area contributed by atoms with Crippen LogP contribution < -0.4 is 25.5 Å². The van der Waals surface area contributed by atoms with Crippen LogP contribution in [0.3, 0.4) is 0 Å². The molecule has 0 radical (unpaired) electrons. The lowest BCUT2D eigenvalue weighted by molar-refractivity contribution is -0.113. The molecule has 0 aliphatic carbocycles. The summed E-state index contributed by atoms with van der Waals surface area (Å²) >= 11 is 4.58. The van der Waals surface area contributed by atoms with Gasteiger partial charge in [-0.15, -0.1) is 0 Å². The molecule has 2 aliphatic heterocycles. The van der Waals surface area contributed by atoms with E-state index in [1.807, 2.05) is 37.3 Å². The predicted octanol–water partition coefficient (Wildman–Crippen LogP) is 4.17. The number of thiazole rings is 1. The van der Waals surface area contributed by atoms with Crippen molar-refractivity contribution in [2.24, 2.45) is 4.99 Å². The lowest BCUT2D eigenvalue weighted by atomic mass is 10.00. The Hall–Kier alpha value is -4.02. The van der Waals surface area contributed by atoms with Gasteiger partial charge in [-0.05, 0) is 62.7 Å². The maximum atomic E-state index is 14.0. The van der Waals surface area contributed by atoms with Crippen molar-refractivity contribution in [1.29, 1.82) is 0 Å². The number of aromatic nitrogens is 1. The van der Waals surface area contributed by atoms with Crippen molar-refractivity contribution in [2.45, 2.75) is 26.8 Å². The third-order valence-corrected chi connectivity index (χ3v) is 8.17. The number of hydrogen-bond donors (Lipinski definition) is 2. The molecule has 2 aromatic carbocycles. The van der Waals surface area contributed by atoms with Crippen LogP contribution in [0.15, 0.2) is 84.5 Å². The second-order valence-corrected chi connectivity index (χ2v) is 11.0. The van der Waals surface area contributed by atoms with E-state index < -0.39 is 11.6 Å². The molecule has 10 heteroatoms. The summed E-state index contributed by atoms with van der Waals surface area (Å²) in [5.41, 5.74) is 3.46. The van der Waals surface area contributed by atoms with Crippen molar-refractivity contribution >= 4 is 56.0 Å². The number of fused-ring (bicyclic) bond motifs is 2. The second-order valence-electron chi connectivity index (χ2n) is 9.14. The lowest BCUT2D eigenvalue weighted by Crippen LogP contribution is -2.41. The number of carbonyl (C=O) groups excluding carboxylic acids is 2. The number of nitrogens with one attached hydrogen (secondary N) is 2. The molecule has 4 heterocycles. The zero-order chi connectivity index (χ0) is 26.7. The highest BCUT2D eigenvalue weighted by Crippen LogP contribution is 2.34. The van der Waals surface area contributed by atoms with Gasteiger partial charge in [0.15, 0.2) is 4.80 Å². The summed E-state index contributed by atoms with van der Waals surface area (Å²) in [4.78, 5) is 45.8. The van der Waals surface area contributed by atoms with Crippen molar-refractivity contribution in [3.63, 3.8) is 0 Å². The number of amides is 2. The summed E-state index contributed by atoms with van der Waals surface area (Å²) in [5.74, 6) is 0.336. The molecule has 4 aromatic rings. The van der Waals surface area contributed by atoms with Gasteiger partial charge in [0.2, 0.25) is 0 Å². The van der Waals surface area contributed by atoms with Gasteiger partial charge in [0.25, 0.3) is 17.4 Å². The van der Waals surface area contributed by atoms with Crippen LogP contribution in [0.5, 0.6) is 0 Å². The van der Waals surface area contributed by atoms with Gasteiger partial charge in [-0.1, -0.05) is 45.5 Å². The van der Waals surface area contributed by atoms with E-state index >= 15 is 0 Å². The highest BCUT2D eigenvalue weighted by Gasteiger charge is 2.36. The number of nitrogens with zero attached hydrogens (tertiary/aromatic N) is 2. The molecule has 38 heavy (non-hydrogen) atoms. The first kappa shape index (κ1) is 24.3. The molecule has 2 amide bonds. The highest BCUT2D eigenvalue weighted by atomic mass is 79.9. The normalized spacial score (nSPS) is 17.6. The Balaban J connectivity index is 1.58. The van der Waals surface area contributed by atoms with Crippen LogP contribution in [-0.4, -0.2) is 16.4 Å². The van der Waals surface area contributed by atoms with E-state index in [1.165, 1.54) is 4.57 Å². The van der Waals surface area contributed by atoms with Gasteiger partial charge in [0.05, 0.1) is 16.8 Å². The molecule has 1 unspecified atom stereocenters. The number of furan rings is 1. The first-order valence-corrected chi connectivity index (χ1v) is 13.4. The van der Waals surface area contributed by atoms with Crippen LogP contribution >= 0.6 is 27.3 Å². The highest BCUT2D eigenvalue weighted by molar-refractivity contribution is 9.10. The molecule has 2 N–H and O–H groups in total. The number of benzene rings is 2. The fourth-order valence-electron chi connectivity index (χ4n) is 4.80. The molecule has 0 bridgehead atoms. The Morgan fingerprint density at radius 1 is 1.11 bits per heavy atom. The van der Waals surface area contributed by atoms with Gasteiger partial charge in [-0.2, -0.15) is 0 Å². The predicted molar refractivity (Wildman–Crippen MR) is 149 cm³/mol. The summed E-state index contributed by atoms with van der Waals surface area (Å²) in [7, 11) is 0. The maximum Gasteiger partial charge on any atom is 0.272 e. The fourth-order valence-corrected chi connectivity index (χ4v) is 6.30. The van der Waals surface area contributed by atoms with Crippen LogP contribution in [0, 0.1) is 13.8 Å². The Bertz CT molecular complexity index is 1900. The average molecular weight is 589 g/mol. The number of allylic oxidation sites excluding steroid dienone is 1. The quantitative estimate of drug-likeness (QED) is 0.374. The van der Waals surface area contributed by atoms with Crippen molar-refractivity contribution in [3.05, 3.63) is 113 Å². The fraction of sp³-hybridized carbons (Fsp3) is 0.143. The van der Waals surface area contributed by atoms with Gasteiger partial charge < -0.3 is 15.1 Å². The van der Waals surface area contributed by atoms with Crippen LogP contribution in [0.1, 0.15) is 35.6 Å². The number of aryl methyl sites for hydroxylation is 2. The van der Waals surface area contributed by atoms with E-state index in [0.717, 1.165) is 21.4 Å². The van der Waals surface area contributed by atoms with Gasteiger partial charge in [0, 0.05) is 21.4 Å². The van der Waals surface area contributed by atoms with Crippen molar-refractivity contribution < 1.29 is 14.0 Å². The first-order valence-electron chi connectivity index (χ1n) is 11.8. The summed E-state index contributed by atoms with van der Waals surface area (Å²) in [6.45, 7) is 5.45. The van der Waals surface area contributed by atoms with Crippen LogP contribution in [-0.2, 0) is 9.59 Å². The molecular weight excluding hydrogens is 568 g/mol. The van der Waals surface area contributed by atoms with E-state index in [1.54, 1.807) is 38.1 Å². The average Bonchev–Trinajstić information content (AvgIpc) is 3.54. The third-order valence-electron chi connectivity index (χ3n) is 6.62. The number of hydrogen-bond acceptors (Lipinski definition) is 6. The zero-order valence-electron chi connectivity index (χ0n) is 20.6. The molecule has 0 spiro atoms. The minimum atomic E-state index is -0.857. The van der Waals surface area contributed by atoms with E-state index in [4.69, 9.17) is 4.42 Å². The number of anilines is 2. The number of para-hydroxylation sites is 1. The molecule has 190 valence electrons. The standard InChI is InChI=1S/C28H21BrN4O4S/c1-13-6-4-5-7-18(13)31-25(34)21-15(3)30-28-33(23(21)20-11-8-14(2)37-20)27(36)24(38-28)22-17-12-16(29)9-10-19(17)32-26(22)35/h4-12,23H,1-3H3,(H,31,34)(H,32,35). The smallest absolute Gasteiger partial charge is 0.272 e. The molecule has 2 aromatic heterocycles. The molecule has 0 fully saturated rings. The van der Waals surface area contributed by atoms with Crippen LogP contribution in [0.25, 0.3) is 5.57 Å². The number of rotatable bonds is 3. The summed E-state index contributed by atoms with van der Waals surface area (Å²) < 4.78 is 8.45. The van der Waals surface area contributed by atoms with Crippen molar-refractivity contribution in [1.82, 2.24) is 4.57 Å². The maximum absolute atomic E-state index is 14.0. The second kappa shape index (κ2) is 9.07. The molecular formula is C28H21BrN4O4S. The number of carbonyl (C=O) groups is 2. The largest absolute Gasteiger partial charge is 0.464 e. The minimum Gasteiger partial charge on any atom is -0.464 e. The monoisotopic (exact) mass is 588 g/mol. The Morgan fingerprint density at radius 3 is 2.63 bits per heavy atom. The van der Waals surface area contributed by atoms with E-state index in [2.05, 4.69) is 31.6 Å². The topological polar surface area (TPSA) is 106 Å². The van der Waals surface area contributed by atoms with Crippen LogP contribution in [0.4, 0.5) is 11.4 Å². The van der Waals surface area contributed by atoms with Crippen LogP contribution in [0.2, 0.25) is 0 Å². The Labute approximate surface area is 229 Å². The van der Waals surface area contributed by atoms with Gasteiger partial charge in [-0.3, -0.25) is 19.0 Å². The van der Waals surface area contributed by atoms with Crippen molar-refractivity contribution in [3.8, 4) is 0 Å². The molecule has 0 saturated carbocycles. The molecule has 6 rings (SSSR count). The molecule has 2 aliphatic rings. The summed E-state index contributed by atoms with van der Waals surface area (Å²) in [5, 5.41) is 5.80. The van der Waals surface area contributed by atoms with Gasteiger partial charge in [-0.25, -0.2) is 4.99 Å². The van der Waals surface area contributed by atoms with Gasteiger partial charge in [0.1, 0.15) is 22.1 Å². The van der Waals surface area contributed by atoms with Gasteiger partial charge >= 0.3 is 0 Å². The van der Waals surface area contributed by atoms with E-state index in [-0.39, 0.29) is 21.9 Å². The molecule has 8 nitrogen and oxygen atoms in total. The Morgan fingerprint density at radius 2 is 1.89 bits per heavy atom. The van der Waals surface area contributed by atoms with E-state index in [0.29, 0.717) is 44.5 Å². The van der Waals surface area contributed by atoms with Crippen molar-refractivity contribution in [2.75, 3.05) is 10.6 Å².